The van der Waals surface area contributed by atoms with Crippen molar-refractivity contribution < 1.29 is 13.2 Å². The van der Waals surface area contributed by atoms with Gasteiger partial charge in [-0.05, 0) is 17.7 Å². The van der Waals surface area contributed by atoms with Gasteiger partial charge < -0.3 is 10.3 Å². The van der Waals surface area contributed by atoms with Crippen molar-refractivity contribution in [3.63, 3.8) is 0 Å². The molecule has 7 heteroatoms. The molecule has 134 valence electrons. The SMILES string of the molecule is O=C(NCCc1cnc[nH]1)c1ccccc1S(=O)(=O)Cc1ccccc1. The summed E-state index contributed by atoms with van der Waals surface area (Å²) < 4.78 is 25.6. The molecule has 0 aliphatic heterocycles. The zero-order valence-corrected chi connectivity index (χ0v) is 14.9. The van der Waals surface area contributed by atoms with Crippen LogP contribution in [0.15, 0.2) is 72.0 Å². The van der Waals surface area contributed by atoms with Gasteiger partial charge in [0.2, 0.25) is 0 Å². The number of aromatic nitrogens is 2. The van der Waals surface area contributed by atoms with Crippen LogP contribution in [0, 0.1) is 0 Å². The summed E-state index contributed by atoms with van der Waals surface area (Å²) in [5.41, 5.74) is 1.74. The summed E-state index contributed by atoms with van der Waals surface area (Å²) in [6.07, 6.45) is 3.84. The molecule has 0 atom stereocenters. The highest BCUT2D eigenvalue weighted by molar-refractivity contribution is 7.90. The van der Waals surface area contributed by atoms with E-state index < -0.39 is 15.7 Å². The zero-order valence-electron chi connectivity index (χ0n) is 14.1. The Labute approximate surface area is 152 Å². The lowest BCUT2D eigenvalue weighted by Gasteiger charge is -2.11. The van der Waals surface area contributed by atoms with Crippen molar-refractivity contribution in [3.8, 4) is 0 Å². The number of nitrogens with one attached hydrogen (secondary N) is 2. The summed E-state index contributed by atoms with van der Waals surface area (Å²) in [5.74, 6) is -0.552. The third-order valence-corrected chi connectivity index (χ3v) is 5.64. The van der Waals surface area contributed by atoms with Crippen molar-refractivity contribution in [2.24, 2.45) is 0 Å². The Morgan fingerprint density at radius 1 is 1.04 bits per heavy atom. The first-order valence-corrected chi connectivity index (χ1v) is 9.82. The van der Waals surface area contributed by atoms with Gasteiger partial charge in [-0.2, -0.15) is 0 Å². The molecule has 0 aliphatic rings. The van der Waals surface area contributed by atoms with Gasteiger partial charge in [0.05, 0.1) is 22.5 Å². The maximum absolute atomic E-state index is 12.8. The molecule has 2 aromatic carbocycles. The lowest BCUT2D eigenvalue weighted by Crippen LogP contribution is -2.27. The maximum Gasteiger partial charge on any atom is 0.252 e. The average molecular weight is 369 g/mol. The van der Waals surface area contributed by atoms with Gasteiger partial charge >= 0.3 is 0 Å². The van der Waals surface area contributed by atoms with E-state index in [1.807, 2.05) is 6.07 Å². The Morgan fingerprint density at radius 3 is 2.50 bits per heavy atom. The van der Waals surface area contributed by atoms with Crippen molar-refractivity contribution in [3.05, 3.63) is 83.9 Å². The predicted octanol–water partition coefficient (Wildman–Crippen LogP) is 2.36. The summed E-state index contributed by atoms with van der Waals surface area (Å²) in [6.45, 7) is 0.383. The molecule has 0 saturated heterocycles. The molecule has 3 rings (SSSR count). The number of nitrogens with zero attached hydrogens (tertiary/aromatic N) is 1. The topological polar surface area (TPSA) is 91.9 Å². The van der Waals surface area contributed by atoms with E-state index in [4.69, 9.17) is 0 Å². The number of aromatic amines is 1. The highest BCUT2D eigenvalue weighted by Gasteiger charge is 2.22. The van der Waals surface area contributed by atoms with Crippen LogP contribution in [0.3, 0.4) is 0 Å². The number of carbonyl (C=O) groups excluding carboxylic acids is 1. The minimum absolute atomic E-state index is 0.0443. The number of H-pyrrole nitrogens is 1. The molecule has 3 aromatic rings. The number of benzene rings is 2. The second kappa shape index (κ2) is 7.97. The third-order valence-electron chi connectivity index (χ3n) is 3.90. The molecule has 0 aliphatic carbocycles. The summed E-state index contributed by atoms with van der Waals surface area (Å²) in [6, 6.07) is 15.2. The Kier molecular flexibility index (Phi) is 5.48. The smallest absolute Gasteiger partial charge is 0.252 e. The summed E-state index contributed by atoms with van der Waals surface area (Å²) in [5, 5.41) is 2.76. The first-order chi connectivity index (χ1) is 12.6. The highest BCUT2D eigenvalue weighted by atomic mass is 32.2. The van der Waals surface area contributed by atoms with E-state index >= 15 is 0 Å². The van der Waals surface area contributed by atoms with E-state index in [0.29, 0.717) is 18.5 Å². The van der Waals surface area contributed by atoms with Crippen LogP contribution >= 0.6 is 0 Å². The van der Waals surface area contributed by atoms with Crippen molar-refractivity contribution in [1.82, 2.24) is 15.3 Å². The Hall–Kier alpha value is -2.93. The second-order valence-electron chi connectivity index (χ2n) is 5.82. The van der Waals surface area contributed by atoms with Gasteiger partial charge in [0.15, 0.2) is 9.84 Å². The van der Waals surface area contributed by atoms with E-state index in [1.54, 1.807) is 48.9 Å². The number of imidazole rings is 1. The van der Waals surface area contributed by atoms with Gasteiger partial charge in [-0.1, -0.05) is 42.5 Å². The number of hydrogen-bond acceptors (Lipinski definition) is 4. The summed E-state index contributed by atoms with van der Waals surface area (Å²) in [7, 11) is -3.63. The van der Waals surface area contributed by atoms with Crippen LogP contribution in [0.25, 0.3) is 0 Å². The van der Waals surface area contributed by atoms with Crippen molar-refractivity contribution in [2.75, 3.05) is 6.54 Å². The molecule has 0 radical (unpaired) electrons. The van der Waals surface area contributed by atoms with Crippen LogP contribution in [-0.2, 0) is 22.0 Å². The minimum Gasteiger partial charge on any atom is -0.352 e. The standard InChI is InChI=1S/C19H19N3O3S/c23-19(21-11-10-16-12-20-14-22-16)17-8-4-5-9-18(17)26(24,25)13-15-6-2-1-3-7-15/h1-9,12,14H,10-11,13H2,(H,20,22)(H,21,23). The molecule has 0 spiro atoms. The van der Waals surface area contributed by atoms with Gasteiger partial charge in [0.25, 0.3) is 5.91 Å². The Morgan fingerprint density at radius 2 is 1.77 bits per heavy atom. The molecule has 1 heterocycles. The molecule has 1 amide bonds. The van der Waals surface area contributed by atoms with Crippen molar-refractivity contribution in [1.29, 1.82) is 0 Å². The maximum atomic E-state index is 12.8. The molecular weight excluding hydrogens is 350 g/mol. The predicted molar refractivity (Wildman–Crippen MR) is 98.4 cm³/mol. The number of carbonyl (C=O) groups is 1. The Bertz CT molecular complexity index is 968. The molecule has 0 fully saturated rings. The minimum atomic E-state index is -3.63. The van der Waals surface area contributed by atoms with Gasteiger partial charge in [0.1, 0.15) is 0 Å². The number of hydrogen-bond donors (Lipinski definition) is 2. The fourth-order valence-corrected chi connectivity index (χ4v) is 4.19. The van der Waals surface area contributed by atoms with Gasteiger partial charge in [0, 0.05) is 24.9 Å². The molecule has 2 N–H and O–H groups in total. The average Bonchev–Trinajstić information content (AvgIpc) is 3.15. The molecule has 0 unspecified atom stereocenters. The summed E-state index contributed by atoms with van der Waals surface area (Å²) >= 11 is 0. The first-order valence-electron chi connectivity index (χ1n) is 8.17. The lowest BCUT2D eigenvalue weighted by molar-refractivity contribution is 0.0950. The van der Waals surface area contributed by atoms with Gasteiger partial charge in [-0.15, -0.1) is 0 Å². The molecule has 0 saturated carbocycles. The fraction of sp³-hybridized carbons (Fsp3) is 0.158. The van der Waals surface area contributed by atoms with Crippen molar-refractivity contribution >= 4 is 15.7 Å². The molecular formula is C19H19N3O3S. The van der Waals surface area contributed by atoms with E-state index in [-0.39, 0.29) is 16.2 Å². The monoisotopic (exact) mass is 369 g/mol. The molecule has 0 bridgehead atoms. The summed E-state index contributed by atoms with van der Waals surface area (Å²) in [4.78, 5) is 19.4. The lowest BCUT2D eigenvalue weighted by atomic mass is 10.2. The van der Waals surface area contributed by atoms with E-state index in [1.165, 1.54) is 12.1 Å². The first kappa shape index (κ1) is 17.9. The van der Waals surface area contributed by atoms with Crippen LogP contribution in [0.2, 0.25) is 0 Å². The second-order valence-corrected chi connectivity index (χ2v) is 7.78. The largest absolute Gasteiger partial charge is 0.352 e. The fourth-order valence-electron chi connectivity index (χ4n) is 2.62. The van der Waals surface area contributed by atoms with Crippen LogP contribution < -0.4 is 5.32 Å². The quantitative estimate of drug-likeness (QED) is 0.669. The van der Waals surface area contributed by atoms with Gasteiger partial charge in [-0.3, -0.25) is 4.79 Å². The number of amides is 1. The van der Waals surface area contributed by atoms with Crippen LogP contribution in [0.4, 0.5) is 0 Å². The van der Waals surface area contributed by atoms with E-state index in [2.05, 4.69) is 15.3 Å². The zero-order chi connectivity index (χ0) is 18.4. The molecule has 1 aromatic heterocycles. The van der Waals surface area contributed by atoms with E-state index in [9.17, 15) is 13.2 Å². The highest BCUT2D eigenvalue weighted by Crippen LogP contribution is 2.20. The van der Waals surface area contributed by atoms with Gasteiger partial charge in [-0.25, -0.2) is 13.4 Å². The molecule has 26 heavy (non-hydrogen) atoms. The van der Waals surface area contributed by atoms with Crippen LogP contribution in [-0.4, -0.2) is 30.8 Å². The van der Waals surface area contributed by atoms with Crippen molar-refractivity contribution in [2.45, 2.75) is 17.1 Å². The number of sulfone groups is 1. The Balaban J connectivity index is 1.75. The normalized spacial score (nSPS) is 11.2. The van der Waals surface area contributed by atoms with E-state index in [0.717, 1.165) is 5.69 Å². The number of rotatable bonds is 7. The van der Waals surface area contributed by atoms with Crippen LogP contribution in [0.1, 0.15) is 21.6 Å². The molecule has 6 nitrogen and oxygen atoms in total. The van der Waals surface area contributed by atoms with Crippen LogP contribution in [0.5, 0.6) is 0 Å². The third kappa shape index (κ3) is 4.37.